The Labute approximate surface area is 122 Å². The van der Waals surface area contributed by atoms with E-state index in [1.165, 1.54) is 6.07 Å². The standard InChI is InChI=1S/C16H15ClFNO/c1-19-15(14-12(17)6-3-7-13(14)18)11-5-2-4-10-8-9-20-16(10)11/h2-7,15,19H,8-9H2,1H3. The van der Waals surface area contributed by atoms with Gasteiger partial charge in [-0.2, -0.15) is 0 Å². The second-order valence-corrected chi connectivity index (χ2v) is 5.20. The molecule has 0 saturated heterocycles. The Hall–Kier alpha value is -1.58. The molecule has 0 amide bonds. The largest absolute Gasteiger partial charge is 0.493 e. The first-order valence-corrected chi connectivity index (χ1v) is 6.96. The maximum Gasteiger partial charge on any atom is 0.129 e. The van der Waals surface area contributed by atoms with Crippen LogP contribution in [-0.2, 0) is 6.42 Å². The second-order valence-electron chi connectivity index (χ2n) is 4.79. The van der Waals surface area contributed by atoms with E-state index in [4.69, 9.17) is 16.3 Å². The van der Waals surface area contributed by atoms with Gasteiger partial charge in [0.15, 0.2) is 0 Å². The Morgan fingerprint density at radius 3 is 2.80 bits per heavy atom. The van der Waals surface area contributed by atoms with Gasteiger partial charge in [0.2, 0.25) is 0 Å². The fourth-order valence-corrected chi connectivity index (χ4v) is 2.98. The maximum absolute atomic E-state index is 14.2. The van der Waals surface area contributed by atoms with Gasteiger partial charge in [-0.1, -0.05) is 35.9 Å². The number of benzene rings is 2. The fourth-order valence-electron chi connectivity index (χ4n) is 2.71. The van der Waals surface area contributed by atoms with E-state index >= 15 is 0 Å². The molecule has 20 heavy (non-hydrogen) atoms. The first-order valence-electron chi connectivity index (χ1n) is 6.58. The summed E-state index contributed by atoms with van der Waals surface area (Å²) in [5.74, 6) is 0.540. The van der Waals surface area contributed by atoms with Crippen molar-refractivity contribution in [2.75, 3.05) is 13.7 Å². The summed E-state index contributed by atoms with van der Waals surface area (Å²) in [5, 5.41) is 3.56. The summed E-state index contributed by atoms with van der Waals surface area (Å²) >= 11 is 6.18. The minimum Gasteiger partial charge on any atom is -0.493 e. The molecular weight excluding hydrogens is 277 g/mol. The Morgan fingerprint density at radius 2 is 2.05 bits per heavy atom. The van der Waals surface area contributed by atoms with Crippen molar-refractivity contribution in [3.63, 3.8) is 0 Å². The molecule has 2 aromatic carbocycles. The number of para-hydroxylation sites is 1. The number of rotatable bonds is 3. The lowest BCUT2D eigenvalue weighted by molar-refractivity contribution is 0.350. The van der Waals surface area contributed by atoms with E-state index in [0.717, 1.165) is 23.3 Å². The molecule has 1 heterocycles. The van der Waals surface area contributed by atoms with Gasteiger partial charge in [0.25, 0.3) is 0 Å². The molecule has 0 radical (unpaired) electrons. The van der Waals surface area contributed by atoms with Crippen LogP contribution in [0.5, 0.6) is 5.75 Å². The maximum atomic E-state index is 14.2. The molecule has 1 unspecified atom stereocenters. The lowest BCUT2D eigenvalue weighted by Gasteiger charge is -2.21. The summed E-state index contributed by atoms with van der Waals surface area (Å²) in [6.07, 6.45) is 0.893. The van der Waals surface area contributed by atoms with Crippen molar-refractivity contribution in [2.45, 2.75) is 12.5 Å². The molecule has 2 aromatic rings. The third-order valence-electron chi connectivity index (χ3n) is 3.63. The van der Waals surface area contributed by atoms with Crippen LogP contribution in [0.25, 0.3) is 0 Å². The van der Waals surface area contributed by atoms with Crippen molar-refractivity contribution in [2.24, 2.45) is 0 Å². The van der Waals surface area contributed by atoms with Crippen LogP contribution in [0, 0.1) is 5.82 Å². The minimum atomic E-state index is -0.322. The highest BCUT2D eigenvalue weighted by atomic mass is 35.5. The average Bonchev–Trinajstić information content (AvgIpc) is 2.91. The van der Waals surface area contributed by atoms with E-state index in [9.17, 15) is 4.39 Å². The summed E-state index contributed by atoms with van der Waals surface area (Å²) in [6.45, 7) is 0.674. The molecule has 1 N–H and O–H groups in total. The lowest BCUT2D eigenvalue weighted by atomic mass is 9.95. The van der Waals surface area contributed by atoms with Gasteiger partial charge in [0, 0.05) is 22.6 Å². The van der Waals surface area contributed by atoms with Gasteiger partial charge in [0.05, 0.1) is 12.6 Å². The van der Waals surface area contributed by atoms with Crippen LogP contribution >= 0.6 is 11.6 Å². The molecule has 0 aromatic heterocycles. The van der Waals surface area contributed by atoms with Crippen molar-refractivity contribution >= 4 is 11.6 Å². The highest BCUT2D eigenvalue weighted by Gasteiger charge is 2.25. The fraction of sp³-hybridized carbons (Fsp3) is 0.250. The molecule has 0 saturated carbocycles. The van der Waals surface area contributed by atoms with Gasteiger partial charge in [-0.25, -0.2) is 4.39 Å². The Kier molecular flexibility index (Phi) is 3.64. The quantitative estimate of drug-likeness (QED) is 0.930. The second kappa shape index (κ2) is 5.43. The zero-order valence-electron chi connectivity index (χ0n) is 11.1. The Morgan fingerprint density at radius 1 is 1.25 bits per heavy atom. The molecule has 3 rings (SSSR count). The molecular formula is C16H15ClFNO. The van der Waals surface area contributed by atoms with E-state index in [2.05, 4.69) is 5.32 Å². The van der Waals surface area contributed by atoms with Crippen LogP contribution in [0.4, 0.5) is 4.39 Å². The normalized spacial score (nSPS) is 14.8. The van der Waals surface area contributed by atoms with E-state index in [1.807, 2.05) is 18.2 Å². The van der Waals surface area contributed by atoms with Gasteiger partial charge in [-0.15, -0.1) is 0 Å². The summed E-state index contributed by atoms with van der Waals surface area (Å²) in [4.78, 5) is 0. The highest BCUT2D eigenvalue weighted by molar-refractivity contribution is 6.31. The lowest BCUT2D eigenvalue weighted by Crippen LogP contribution is -2.20. The summed E-state index contributed by atoms with van der Waals surface area (Å²) in [6, 6.07) is 10.4. The minimum absolute atomic E-state index is 0.313. The average molecular weight is 292 g/mol. The summed E-state index contributed by atoms with van der Waals surface area (Å²) < 4.78 is 19.9. The van der Waals surface area contributed by atoms with Gasteiger partial charge >= 0.3 is 0 Å². The van der Waals surface area contributed by atoms with Gasteiger partial charge in [0.1, 0.15) is 11.6 Å². The number of ether oxygens (including phenoxy) is 1. The zero-order chi connectivity index (χ0) is 14.1. The third kappa shape index (κ3) is 2.17. The molecule has 0 bridgehead atoms. The predicted octanol–water partition coefficient (Wildman–Crippen LogP) is 3.72. The molecule has 0 spiro atoms. The van der Waals surface area contributed by atoms with E-state index in [-0.39, 0.29) is 11.9 Å². The van der Waals surface area contributed by atoms with Gasteiger partial charge in [-0.3, -0.25) is 0 Å². The number of fused-ring (bicyclic) bond motifs is 1. The summed E-state index contributed by atoms with van der Waals surface area (Å²) in [5.41, 5.74) is 2.55. The molecule has 4 heteroatoms. The topological polar surface area (TPSA) is 21.3 Å². The number of nitrogens with one attached hydrogen (secondary N) is 1. The smallest absolute Gasteiger partial charge is 0.129 e. The van der Waals surface area contributed by atoms with E-state index < -0.39 is 0 Å². The summed E-state index contributed by atoms with van der Waals surface area (Å²) in [7, 11) is 1.79. The van der Waals surface area contributed by atoms with Crippen LogP contribution in [0.2, 0.25) is 5.02 Å². The zero-order valence-corrected chi connectivity index (χ0v) is 11.9. The monoisotopic (exact) mass is 291 g/mol. The molecule has 0 fully saturated rings. The Balaban J connectivity index is 2.14. The van der Waals surface area contributed by atoms with E-state index in [0.29, 0.717) is 17.2 Å². The highest BCUT2D eigenvalue weighted by Crippen LogP contribution is 2.38. The SMILES string of the molecule is CNC(c1cccc2c1OCC2)c1c(F)cccc1Cl. The molecule has 1 aliphatic rings. The van der Waals surface area contributed by atoms with Crippen LogP contribution in [0.1, 0.15) is 22.7 Å². The number of hydrogen-bond acceptors (Lipinski definition) is 2. The van der Waals surface area contributed by atoms with Gasteiger partial charge < -0.3 is 10.1 Å². The predicted molar refractivity (Wildman–Crippen MR) is 78.0 cm³/mol. The third-order valence-corrected chi connectivity index (χ3v) is 3.96. The molecule has 2 nitrogen and oxygen atoms in total. The van der Waals surface area contributed by atoms with Crippen LogP contribution < -0.4 is 10.1 Å². The number of hydrogen-bond donors (Lipinski definition) is 1. The van der Waals surface area contributed by atoms with Crippen molar-refractivity contribution in [1.29, 1.82) is 0 Å². The first kappa shape index (κ1) is 13.4. The Bertz CT molecular complexity index is 624. The molecule has 104 valence electrons. The van der Waals surface area contributed by atoms with Crippen molar-refractivity contribution < 1.29 is 9.13 Å². The number of halogens is 2. The molecule has 0 aliphatic carbocycles. The van der Waals surface area contributed by atoms with E-state index in [1.54, 1.807) is 19.2 Å². The van der Waals surface area contributed by atoms with Crippen LogP contribution in [0.15, 0.2) is 36.4 Å². The van der Waals surface area contributed by atoms with Crippen LogP contribution in [-0.4, -0.2) is 13.7 Å². The first-order chi connectivity index (χ1) is 9.72. The molecule has 1 atom stereocenters. The van der Waals surface area contributed by atoms with Crippen LogP contribution in [0.3, 0.4) is 0 Å². The van der Waals surface area contributed by atoms with Gasteiger partial charge in [-0.05, 0) is 24.7 Å². The van der Waals surface area contributed by atoms with Crippen molar-refractivity contribution in [3.8, 4) is 5.75 Å². The van der Waals surface area contributed by atoms with Crippen molar-refractivity contribution in [3.05, 3.63) is 63.9 Å². The van der Waals surface area contributed by atoms with Crippen molar-refractivity contribution in [1.82, 2.24) is 5.32 Å². The molecule has 1 aliphatic heterocycles.